The number of amides is 3. The molecule has 1 saturated heterocycles. The van der Waals surface area contributed by atoms with Crippen LogP contribution in [0.15, 0.2) is 17.5 Å². The van der Waals surface area contributed by atoms with Crippen LogP contribution in [0.3, 0.4) is 0 Å². The molecule has 1 aromatic heterocycles. The maximum absolute atomic E-state index is 12.6. The number of nitrogens with one attached hydrogen (secondary N) is 1. The molecule has 1 N–H and O–H groups in total. The number of carbonyl (C=O) groups is 2. The topological polar surface area (TPSA) is 65.5 Å². The summed E-state index contributed by atoms with van der Waals surface area (Å²) < 4.78 is 0. The summed E-state index contributed by atoms with van der Waals surface area (Å²) >= 11 is 1.45. The lowest BCUT2D eigenvalue weighted by molar-refractivity contribution is -0.121. The summed E-state index contributed by atoms with van der Waals surface area (Å²) in [6, 6.07) is 4.33. The van der Waals surface area contributed by atoms with E-state index in [2.05, 4.69) is 43.2 Å². The van der Waals surface area contributed by atoms with Crippen molar-refractivity contribution in [2.24, 2.45) is 5.92 Å². The maximum atomic E-state index is 12.6. The van der Waals surface area contributed by atoms with Gasteiger partial charge in [-0.25, -0.2) is 9.78 Å². The van der Waals surface area contributed by atoms with E-state index in [1.165, 1.54) is 28.0 Å². The minimum absolute atomic E-state index is 0.00494. The zero-order valence-corrected chi connectivity index (χ0v) is 18.0. The van der Waals surface area contributed by atoms with Crippen molar-refractivity contribution >= 4 is 28.4 Å². The molecular weight excluding hydrogens is 372 g/mol. The van der Waals surface area contributed by atoms with Gasteiger partial charge in [0, 0.05) is 44.0 Å². The van der Waals surface area contributed by atoms with E-state index in [9.17, 15) is 9.59 Å². The van der Waals surface area contributed by atoms with Crippen LogP contribution in [0.5, 0.6) is 0 Å². The van der Waals surface area contributed by atoms with Gasteiger partial charge in [0.15, 0.2) is 5.13 Å². The molecule has 2 heterocycles. The van der Waals surface area contributed by atoms with Gasteiger partial charge in [-0.05, 0) is 56.4 Å². The molecule has 7 heteroatoms. The summed E-state index contributed by atoms with van der Waals surface area (Å²) in [7, 11) is 3.50. The Morgan fingerprint density at radius 3 is 2.39 bits per heavy atom. The first kappa shape index (κ1) is 20.3. The number of hydrogen-bond donors (Lipinski definition) is 1. The molecule has 28 heavy (non-hydrogen) atoms. The summed E-state index contributed by atoms with van der Waals surface area (Å²) in [5.74, 6) is -0.0865. The lowest BCUT2D eigenvalue weighted by Gasteiger charge is -2.32. The molecule has 2 aromatic rings. The zero-order chi connectivity index (χ0) is 20.4. The highest BCUT2D eigenvalue weighted by molar-refractivity contribution is 7.14. The number of piperidine rings is 1. The first-order chi connectivity index (χ1) is 13.3. The van der Waals surface area contributed by atoms with Gasteiger partial charge in [-0.1, -0.05) is 6.07 Å². The van der Waals surface area contributed by atoms with E-state index in [1.807, 2.05) is 5.38 Å². The Bertz CT molecular complexity index is 883. The monoisotopic (exact) mass is 400 g/mol. The molecule has 0 aliphatic carbocycles. The average Bonchev–Trinajstić information content (AvgIpc) is 3.12. The fourth-order valence-electron chi connectivity index (χ4n) is 3.51. The number of likely N-dealkylation sites (tertiary alicyclic amines) is 1. The smallest absolute Gasteiger partial charge is 0.319 e. The van der Waals surface area contributed by atoms with Gasteiger partial charge in [-0.2, -0.15) is 0 Å². The third-order valence-corrected chi connectivity index (χ3v) is 6.13. The molecule has 150 valence electrons. The predicted octanol–water partition coefficient (Wildman–Crippen LogP) is 4.07. The lowest BCUT2D eigenvalue weighted by Crippen LogP contribution is -2.45. The van der Waals surface area contributed by atoms with Crippen LogP contribution < -0.4 is 5.32 Å². The van der Waals surface area contributed by atoms with Crippen LogP contribution in [0.4, 0.5) is 9.93 Å². The molecule has 3 amide bonds. The Kier molecular flexibility index (Phi) is 6.03. The van der Waals surface area contributed by atoms with Gasteiger partial charge in [0.05, 0.1) is 5.69 Å². The second kappa shape index (κ2) is 8.31. The number of thiazole rings is 1. The van der Waals surface area contributed by atoms with Gasteiger partial charge < -0.3 is 15.1 Å². The number of nitrogens with zero attached hydrogens (tertiary/aromatic N) is 3. The minimum atomic E-state index is -0.0816. The van der Waals surface area contributed by atoms with E-state index >= 15 is 0 Å². The quantitative estimate of drug-likeness (QED) is 0.845. The first-order valence-corrected chi connectivity index (χ1v) is 10.4. The van der Waals surface area contributed by atoms with Crippen molar-refractivity contribution in [2.75, 3.05) is 32.5 Å². The second-order valence-corrected chi connectivity index (χ2v) is 8.57. The first-order valence-electron chi connectivity index (χ1n) is 9.57. The molecule has 1 fully saturated rings. The van der Waals surface area contributed by atoms with Crippen LogP contribution in [0.25, 0.3) is 11.3 Å². The lowest BCUT2D eigenvalue weighted by atomic mass is 9.96. The Labute approximate surface area is 170 Å². The summed E-state index contributed by atoms with van der Waals surface area (Å²) in [4.78, 5) is 32.7. The van der Waals surface area contributed by atoms with Crippen LogP contribution in [-0.4, -0.2) is 53.9 Å². The van der Waals surface area contributed by atoms with Crippen molar-refractivity contribution < 1.29 is 9.59 Å². The van der Waals surface area contributed by atoms with Crippen molar-refractivity contribution in [3.63, 3.8) is 0 Å². The fraction of sp³-hybridized carbons (Fsp3) is 0.476. The fourth-order valence-corrected chi connectivity index (χ4v) is 4.23. The van der Waals surface area contributed by atoms with Crippen LogP contribution in [0.1, 0.15) is 29.5 Å². The number of rotatable bonds is 3. The van der Waals surface area contributed by atoms with Crippen LogP contribution in [0.2, 0.25) is 0 Å². The van der Waals surface area contributed by atoms with E-state index in [0.29, 0.717) is 31.1 Å². The summed E-state index contributed by atoms with van der Waals surface area (Å²) in [6.07, 6.45) is 1.36. The molecule has 0 radical (unpaired) electrons. The highest BCUT2D eigenvalue weighted by Crippen LogP contribution is 2.30. The van der Waals surface area contributed by atoms with Gasteiger partial charge in [-0.15, -0.1) is 11.3 Å². The molecule has 0 bridgehead atoms. The minimum Gasteiger partial charge on any atom is -0.331 e. The molecule has 0 spiro atoms. The van der Waals surface area contributed by atoms with Gasteiger partial charge in [0.2, 0.25) is 5.91 Å². The molecule has 3 rings (SSSR count). The van der Waals surface area contributed by atoms with E-state index in [4.69, 9.17) is 0 Å². The molecule has 6 nitrogen and oxygen atoms in total. The van der Waals surface area contributed by atoms with Crippen molar-refractivity contribution in [2.45, 2.75) is 33.6 Å². The third-order valence-electron chi connectivity index (χ3n) is 5.37. The third kappa shape index (κ3) is 4.35. The van der Waals surface area contributed by atoms with E-state index in [-0.39, 0.29) is 17.9 Å². The molecule has 1 aromatic carbocycles. The number of aromatic nitrogens is 1. The van der Waals surface area contributed by atoms with Crippen molar-refractivity contribution in [1.82, 2.24) is 14.8 Å². The van der Waals surface area contributed by atoms with Gasteiger partial charge >= 0.3 is 6.03 Å². The highest BCUT2D eigenvalue weighted by atomic mass is 32.1. The van der Waals surface area contributed by atoms with E-state index < -0.39 is 0 Å². The second-order valence-electron chi connectivity index (χ2n) is 7.72. The summed E-state index contributed by atoms with van der Waals surface area (Å²) in [5.41, 5.74) is 5.69. The average molecular weight is 401 g/mol. The summed E-state index contributed by atoms with van der Waals surface area (Å²) in [5, 5.41) is 5.59. The van der Waals surface area contributed by atoms with Gasteiger partial charge in [0.1, 0.15) is 0 Å². The van der Waals surface area contributed by atoms with Crippen molar-refractivity contribution in [1.29, 1.82) is 0 Å². The van der Waals surface area contributed by atoms with Crippen LogP contribution >= 0.6 is 11.3 Å². The standard InChI is InChI=1S/C21H28N4O2S/c1-13-10-15(3)17(11-14(13)2)18-12-28-20(22-18)23-19(26)16-6-8-25(9-7-16)21(27)24(4)5/h10-12,16H,6-9H2,1-5H3,(H,22,23,26). The largest absolute Gasteiger partial charge is 0.331 e. The van der Waals surface area contributed by atoms with Crippen LogP contribution in [0, 0.1) is 26.7 Å². The van der Waals surface area contributed by atoms with Gasteiger partial charge in [-0.3, -0.25) is 4.79 Å². The van der Waals surface area contributed by atoms with E-state index in [1.54, 1.807) is 23.9 Å². The Morgan fingerprint density at radius 2 is 1.75 bits per heavy atom. The zero-order valence-electron chi connectivity index (χ0n) is 17.2. The maximum Gasteiger partial charge on any atom is 0.319 e. The Balaban J connectivity index is 1.62. The van der Waals surface area contributed by atoms with Crippen LogP contribution in [-0.2, 0) is 4.79 Å². The number of urea groups is 1. The van der Waals surface area contributed by atoms with Crippen molar-refractivity contribution in [3.8, 4) is 11.3 Å². The SMILES string of the molecule is Cc1cc(C)c(-c2csc(NC(=O)C3CCN(C(=O)N(C)C)CC3)n2)cc1C. The Hall–Kier alpha value is -2.41. The molecule has 0 saturated carbocycles. The number of hydrogen-bond acceptors (Lipinski definition) is 4. The van der Waals surface area contributed by atoms with Gasteiger partial charge in [0.25, 0.3) is 0 Å². The Morgan fingerprint density at radius 1 is 1.11 bits per heavy atom. The number of anilines is 1. The molecular formula is C21H28N4O2S. The van der Waals surface area contributed by atoms with Crippen molar-refractivity contribution in [3.05, 3.63) is 34.2 Å². The van der Waals surface area contributed by atoms with E-state index in [0.717, 1.165) is 11.3 Å². The summed E-state index contributed by atoms with van der Waals surface area (Å²) in [6.45, 7) is 7.51. The highest BCUT2D eigenvalue weighted by Gasteiger charge is 2.28. The molecule has 0 atom stereocenters. The number of benzene rings is 1. The molecule has 0 unspecified atom stereocenters. The molecule has 1 aliphatic rings. The number of aryl methyl sites for hydroxylation is 3. The predicted molar refractivity (Wildman–Crippen MR) is 114 cm³/mol. The number of carbonyl (C=O) groups excluding carboxylic acids is 2. The molecule has 1 aliphatic heterocycles. The normalized spacial score (nSPS) is 14.8.